The van der Waals surface area contributed by atoms with Crippen LogP contribution >= 0.6 is 0 Å². The highest BCUT2D eigenvalue weighted by molar-refractivity contribution is 6.22. The van der Waals surface area contributed by atoms with Crippen molar-refractivity contribution in [1.29, 1.82) is 5.41 Å². The molecule has 0 spiro atoms. The van der Waals surface area contributed by atoms with E-state index in [1.54, 1.807) is 12.1 Å². The fourth-order valence-corrected chi connectivity index (χ4v) is 2.06. The summed E-state index contributed by atoms with van der Waals surface area (Å²) in [4.78, 5) is 0. The molecule has 0 bridgehead atoms. The number of terminal acetylenes is 1. The number of fused-ring (bicyclic) bond motifs is 3. The molecular weight excluding hydrogens is 256 g/mol. The summed E-state index contributed by atoms with van der Waals surface area (Å²) < 4.78 is 26.1. The van der Waals surface area contributed by atoms with Gasteiger partial charge < -0.3 is 0 Å². The number of rotatable bonds is 0. The first-order chi connectivity index (χ1) is 9.66. The van der Waals surface area contributed by atoms with Crippen molar-refractivity contribution in [2.45, 2.75) is 13.8 Å². The van der Waals surface area contributed by atoms with Crippen molar-refractivity contribution in [2.75, 3.05) is 0 Å². The number of hydrogen-bond acceptors (Lipinski definition) is 1. The molecule has 0 saturated carbocycles. The van der Waals surface area contributed by atoms with E-state index < -0.39 is 0 Å². The molecule has 3 heteroatoms. The maximum absolute atomic E-state index is 13.1. The highest BCUT2D eigenvalue weighted by Gasteiger charge is 2.24. The van der Waals surface area contributed by atoms with E-state index in [-0.39, 0.29) is 17.3 Å². The first-order valence-corrected chi connectivity index (χ1v) is 6.19. The summed E-state index contributed by atoms with van der Waals surface area (Å²) in [6, 6.07) is 8.59. The van der Waals surface area contributed by atoms with E-state index in [0.717, 1.165) is 11.1 Å². The van der Waals surface area contributed by atoms with E-state index in [9.17, 15) is 8.78 Å². The minimum atomic E-state index is -0.378. The van der Waals surface area contributed by atoms with Crippen LogP contribution in [0.5, 0.6) is 0 Å². The predicted molar refractivity (Wildman–Crippen MR) is 79.0 cm³/mol. The topological polar surface area (TPSA) is 23.9 Å². The van der Waals surface area contributed by atoms with E-state index in [4.69, 9.17) is 5.41 Å². The van der Waals surface area contributed by atoms with Gasteiger partial charge in [-0.15, -0.1) is 12.8 Å². The van der Waals surface area contributed by atoms with Gasteiger partial charge >= 0.3 is 0 Å². The van der Waals surface area contributed by atoms with Crippen LogP contribution in [0.25, 0.3) is 11.1 Å². The zero-order valence-electron chi connectivity index (χ0n) is 11.4. The Hall–Kier alpha value is -2.47. The van der Waals surface area contributed by atoms with Gasteiger partial charge in [0.15, 0.2) is 0 Å². The van der Waals surface area contributed by atoms with Crippen molar-refractivity contribution in [2.24, 2.45) is 0 Å². The van der Waals surface area contributed by atoms with Crippen LogP contribution in [0.3, 0.4) is 0 Å². The van der Waals surface area contributed by atoms with Crippen LogP contribution in [0.2, 0.25) is 0 Å². The Bertz CT molecular complexity index is 604. The average Bonchev–Trinajstić information content (AvgIpc) is 2.76. The lowest BCUT2D eigenvalue weighted by molar-refractivity contribution is 0.627. The smallest absolute Gasteiger partial charge is 0.123 e. The average molecular weight is 271 g/mol. The Labute approximate surface area is 117 Å². The number of nitrogens with one attached hydrogen (secondary N) is 1. The van der Waals surface area contributed by atoms with Crippen molar-refractivity contribution < 1.29 is 8.78 Å². The van der Waals surface area contributed by atoms with Gasteiger partial charge in [-0.2, -0.15) is 0 Å². The van der Waals surface area contributed by atoms with Crippen LogP contribution in [0.4, 0.5) is 8.78 Å². The van der Waals surface area contributed by atoms with E-state index in [0.29, 0.717) is 11.1 Å². The molecule has 0 fully saturated rings. The molecule has 0 saturated heterocycles. The first-order valence-electron chi connectivity index (χ1n) is 6.19. The van der Waals surface area contributed by atoms with Crippen LogP contribution in [0.15, 0.2) is 36.4 Å². The van der Waals surface area contributed by atoms with Crippen molar-refractivity contribution >= 4 is 5.71 Å². The first kappa shape index (κ1) is 15.6. The Kier molecular flexibility index (Phi) is 5.16. The van der Waals surface area contributed by atoms with Crippen molar-refractivity contribution in [3.63, 3.8) is 0 Å². The van der Waals surface area contributed by atoms with Gasteiger partial charge in [-0.25, -0.2) is 8.78 Å². The van der Waals surface area contributed by atoms with Crippen molar-refractivity contribution in [1.82, 2.24) is 0 Å². The molecule has 0 heterocycles. The summed E-state index contributed by atoms with van der Waals surface area (Å²) >= 11 is 0. The molecule has 1 nitrogen and oxygen atoms in total. The summed E-state index contributed by atoms with van der Waals surface area (Å²) in [6.45, 7) is 4.00. The monoisotopic (exact) mass is 271 g/mol. The Morgan fingerprint density at radius 1 is 0.750 bits per heavy atom. The van der Waals surface area contributed by atoms with E-state index in [1.165, 1.54) is 24.3 Å². The standard InChI is InChI=1S/C13H7F2N.C2H6.C2H2/c14-7-1-3-9-10-4-2-8(15)6-12(10)13(16)11(9)5-7;2*1-2/h1-6,16H;1-2H3;1-2H. The van der Waals surface area contributed by atoms with Gasteiger partial charge in [0.05, 0.1) is 5.71 Å². The van der Waals surface area contributed by atoms with Gasteiger partial charge in [0.25, 0.3) is 0 Å². The normalized spacial score (nSPS) is 10.4. The lowest BCUT2D eigenvalue weighted by Crippen LogP contribution is -1.96. The fraction of sp³-hybridized carbons (Fsp3) is 0.118. The Morgan fingerprint density at radius 2 is 1.10 bits per heavy atom. The summed E-state index contributed by atoms with van der Waals surface area (Å²) in [5.41, 5.74) is 2.83. The van der Waals surface area contributed by atoms with Gasteiger partial charge in [0, 0.05) is 11.1 Å². The molecular formula is C17H15F2N. The summed E-state index contributed by atoms with van der Waals surface area (Å²) in [7, 11) is 0. The summed E-state index contributed by atoms with van der Waals surface area (Å²) in [5, 5.41) is 7.87. The van der Waals surface area contributed by atoms with Crippen molar-refractivity contribution in [3.8, 4) is 24.0 Å². The van der Waals surface area contributed by atoms with Crippen LogP contribution in [-0.2, 0) is 0 Å². The van der Waals surface area contributed by atoms with Gasteiger partial charge in [-0.1, -0.05) is 26.0 Å². The lowest BCUT2D eigenvalue weighted by atomic mass is 10.1. The third-order valence-electron chi connectivity index (χ3n) is 2.79. The van der Waals surface area contributed by atoms with Crippen molar-refractivity contribution in [3.05, 3.63) is 59.2 Å². The molecule has 20 heavy (non-hydrogen) atoms. The molecule has 0 amide bonds. The maximum Gasteiger partial charge on any atom is 0.123 e. The maximum atomic E-state index is 13.1. The molecule has 0 radical (unpaired) electrons. The Morgan fingerprint density at radius 3 is 1.45 bits per heavy atom. The van der Waals surface area contributed by atoms with Gasteiger partial charge in [-0.3, -0.25) is 5.41 Å². The molecule has 0 aliphatic heterocycles. The summed E-state index contributed by atoms with van der Waals surface area (Å²) in [5.74, 6) is -0.756. The SMILES string of the molecule is C#C.CC.N=C1c2cc(F)ccc2-c2ccc(F)cc21. The molecule has 102 valence electrons. The van der Waals surface area contributed by atoms with E-state index in [1.807, 2.05) is 13.8 Å². The number of halogens is 2. The van der Waals surface area contributed by atoms with Gasteiger partial charge in [0.2, 0.25) is 0 Å². The Balaban J connectivity index is 0.000000461. The summed E-state index contributed by atoms with van der Waals surface area (Å²) in [6.07, 6.45) is 8.00. The van der Waals surface area contributed by atoms with Gasteiger partial charge in [-0.05, 0) is 35.4 Å². The van der Waals surface area contributed by atoms with E-state index >= 15 is 0 Å². The highest BCUT2D eigenvalue weighted by atomic mass is 19.1. The van der Waals surface area contributed by atoms with E-state index in [2.05, 4.69) is 12.8 Å². The zero-order valence-corrected chi connectivity index (χ0v) is 11.4. The quantitative estimate of drug-likeness (QED) is 0.576. The number of hydrogen-bond donors (Lipinski definition) is 1. The molecule has 0 aromatic heterocycles. The molecule has 3 rings (SSSR count). The molecule has 0 atom stereocenters. The molecule has 1 aliphatic carbocycles. The lowest BCUT2D eigenvalue weighted by Gasteiger charge is -1.99. The van der Waals surface area contributed by atoms with Crippen LogP contribution < -0.4 is 0 Å². The second-order valence-corrected chi connectivity index (χ2v) is 3.75. The fourth-order valence-electron chi connectivity index (χ4n) is 2.06. The van der Waals surface area contributed by atoms with Gasteiger partial charge in [0.1, 0.15) is 11.6 Å². The molecule has 1 aliphatic rings. The second-order valence-electron chi connectivity index (χ2n) is 3.75. The third-order valence-corrected chi connectivity index (χ3v) is 2.79. The molecule has 2 aromatic carbocycles. The van der Waals surface area contributed by atoms with Crippen LogP contribution in [0.1, 0.15) is 25.0 Å². The molecule has 0 unspecified atom stereocenters. The third kappa shape index (κ3) is 2.60. The van der Waals surface area contributed by atoms with Crippen LogP contribution in [-0.4, -0.2) is 5.71 Å². The zero-order chi connectivity index (χ0) is 15.3. The molecule has 2 aromatic rings. The largest absolute Gasteiger partial charge is 0.300 e. The molecule has 1 N–H and O–H groups in total. The van der Waals surface area contributed by atoms with Crippen LogP contribution in [0, 0.1) is 29.9 Å². The predicted octanol–water partition coefficient (Wildman–Crippen LogP) is 4.64. The second kappa shape index (κ2) is 6.63. The minimum absolute atomic E-state index is 0.184. The highest BCUT2D eigenvalue weighted by Crippen LogP contribution is 2.36. The minimum Gasteiger partial charge on any atom is -0.300 e. The number of benzene rings is 2.